The molecule has 0 aromatic heterocycles. The van der Waals surface area contributed by atoms with Gasteiger partial charge in [-0.05, 0) is 0 Å². The van der Waals surface area contributed by atoms with Crippen molar-refractivity contribution < 1.29 is 42.5 Å². The molecule has 0 amide bonds. The van der Waals surface area contributed by atoms with E-state index in [9.17, 15) is 13.0 Å². The third-order valence-electron chi connectivity index (χ3n) is 2.22. The summed E-state index contributed by atoms with van der Waals surface area (Å²) >= 11 is 73.6. The Bertz CT molecular complexity index is 565. The van der Waals surface area contributed by atoms with Gasteiger partial charge < -0.3 is 4.55 Å². The number of hydrogen-bond donors (Lipinski definition) is 0. The van der Waals surface area contributed by atoms with Crippen LogP contribution in [-0.2, 0) is 10.1 Å². The van der Waals surface area contributed by atoms with Gasteiger partial charge in [0.15, 0.2) is 13.0 Å². The molecule has 0 heterocycles. The molecular formula is C6Cl13NaO3S. The first-order valence-corrected chi connectivity index (χ1v) is 10.7. The van der Waals surface area contributed by atoms with Crippen LogP contribution >= 0.6 is 151 Å². The molecular weight excluding hydrogens is 636 g/mol. The fraction of sp³-hybridized carbons (Fsp3) is 1.00. The Labute approximate surface area is 225 Å². The Morgan fingerprint density at radius 3 is 1.00 bits per heavy atom. The van der Waals surface area contributed by atoms with Gasteiger partial charge in [-0.1, -0.05) is 151 Å². The summed E-state index contributed by atoms with van der Waals surface area (Å²) in [6.07, 6.45) is 0. The summed E-state index contributed by atoms with van der Waals surface area (Å²) < 4.78 is 14.9. The number of rotatable bonds is 5. The molecule has 0 radical (unpaired) electrons. The molecule has 0 aromatic rings. The number of halogens is 13. The third kappa shape index (κ3) is 5.11. The molecule has 24 heavy (non-hydrogen) atoms. The zero-order chi connectivity index (χ0) is 19.5. The molecule has 0 saturated carbocycles. The Kier molecular flexibility index (Phi) is 11.6. The van der Waals surface area contributed by atoms with Gasteiger partial charge in [-0.15, -0.1) is 0 Å². The summed E-state index contributed by atoms with van der Waals surface area (Å²) in [5, 5.41) is 0. The van der Waals surface area contributed by atoms with Gasteiger partial charge in [0.1, 0.15) is 10.1 Å². The van der Waals surface area contributed by atoms with Gasteiger partial charge in [0.2, 0.25) is 11.8 Å². The fourth-order valence-corrected chi connectivity index (χ4v) is 5.34. The van der Waals surface area contributed by atoms with Crippen LogP contribution in [0.2, 0.25) is 0 Å². The van der Waals surface area contributed by atoms with Crippen LogP contribution in [0.4, 0.5) is 0 Å². The van der Waals surface area contributed by atoms with Crippen LogP contribution in [0.5, 0.6) is 0 Å². The fourth-order valence-electron chi connectivity index (χ4n) is 0.912. The van der Waals surface area contributed by atoms with E-state index in [0.717, 1.165) is 0 Å². The van der Waals surface area contributed by atoms with Crippen LogP contribution in [0.15, 0.2) is 0 Å². The first-order chi connectivity index (χ1) is 9.50. The predicted molar refractivity (Wildman–Crippen MR) is 102 cm³/mol. The molecule has 0 fully saturated rings. The van der Waals surface area contributed by atoms with Crippen molar-refractivity contribution in [2.75, 3.05) is 0 Å². The minimum Gasteiger partial charge on any atom is -0.746 e. The molecule has 0 aliphatic carbocycles. The minimum atomic E-state index is -5.64. The van der Waals surface area contributed by atoms with Crippen LogP contribution in [0.25, 0.3) is 0 Å². The maximum absolute atomic E-state index is 11.2. The summed E-state index contributed by atoms with van der Waals surface area (Å²) in [4.78, 5) is 0. The summed E-state index contributed by atoms with van der Waals surface area (Å²) in [6, 6.07) is 0. The maximum atomic E-state index is 11.2. The van der Waals surface area contributed by atoms with Gasteiger partial charge in [-0.2, -0.15) is 0 Å². The Morgan fingerprint density at radius 2 is 0.792 bits per heavy atom. The van der Waals surface area contributed by atoms with Crippen molar-refractivity contribution in [3.63, 3.8) is 0 Å². The van der Waals surface area contributed by atoms with Crippen LogP contribution in [0.3, 0.4) is 0 Å². The van der Waals surface area contributed by atoms with Gasteiger partial charge >= 0.3 is 29.6 Å². The minimum absolute atomic E-state index is 0. The van der Waals surface area contributed by atoms with E-state index in [0.29, 0.717) is 0 Å². The van der Waals surface area contributed by atoms with Gasteiger partial charge in [-0.25, -0.2) is 8.42 Å². The monoisotopic (exact) mass is 630 g/mol. The van der Waals surface area contributed by atoms with Crippen molar-refractivity contribution >= 4 is 161 Å². The second-order valence-electron chi connectivity index (χ2n) is 3.77. The predicted octanol–water partition coefficient (Wildman–Crippen LogP) is 3.73. The van der Waals surface area contributed by atoms with Crippen LogP contribution in [-0.4, -0.2) is 37.8 Å². The normalized spacial score (nSPS) is 15.9. The van der Waals surface area contributed by atoms with Crippen molar-refractivity contribution in [2.45, 2.75) is 24.8 Å². The van der Waals surface area contributed by atoms with Gasteiger partial charge in [0.25, 0.3) is 0 Å². The van der Waals surface area contributed by atoms with E-state index < -0.39 is 34.9 Å². The molecule has 0 unspecified atom stereocenters. The van der Waals surface area contributed by atoms with Gasteiger partial charge in [0, 0.05) is 0 Å². The Balaban J connectivity index is 0. The van der Waals surface area contributed by atoms with Gasteiger partial charge in [0.05, 0.1) is 0 Å². The number of hydrogen-bond acceptors (Lipinski definition) is 3. The molecule has 0 aliphatic heterocycles. The van der Waals surface area contributed by atoms with E-state index in [1.807, 2.05) is 0 Å². The van der Waals surface area contributed by atoms with E-state index in [4.69, 9.17) is 151 Å². The quantitative estimate of drug-likeness (QED) is 0.263. The first-order valence-electron chi connectivity index (χ1n) is 4.41. The van der Waals surface area contributed by atoms with Gasteiger partial charge in [-0.3, -0.25) is 0 Å². The Hall–Kier alpha value is 4.68. The van der Waals surface area contributed by atoms with Crippen molar-refractivity contribution in [1.29, 1.82) is 0 Å². The van der Waals surface area contributed by atoms with Crippen LogP contribution in [0, 0.1) is 0 Å². The van der Waals surface area contributed by atoms with E-state index in [1.54, 1.807) is 0 Å². The standard InChI is InChI=1S/C6HCl13O3S.Na/c7-1(8,3(11,12)5(15,16)17)2(9,10)4(13,14)6(18,19)23(20,21)22;/h(H,20,21,22);/q;+1/p-1. The smallest absolute Gasteiger partial charge is 0.746 e. The van der Waals surface area contributed by atoms with E-state index in [-0.39, 0.29) is 29.6 Å². The zero-order valence-corrected chi connectivity index (χ0v) is 23.2. The first kappa shape index (κ1) is 30.9. The summed E-state index contributed by atoms with van der Waals surface area (Å²) in [5.74, 6) is 0. The summed E-state index contributed by atoms with van der Waals surface area (Å²) in [7, 11) is -5.64. The molecule has 0 rings (SSSR count). The summed E-state index contributed by atoms with van der Waals surface area (Å²) in [5.41, 5.74) is 0. The number of alkyl halides is 13. The average Bonchev–Trinajstić information content (AvgIpc) is 2.24. The molecule has 18 heteroatoms. The van der Waals surface area contributed by atoms with Crippen molar-refractivity contribution in [1.82, 2.24) is 0 Å². The largest absolute Gasteiger partial charge is 1.00 e. The third-order valence-corrected chi connectivity index (χ3v) is 12.6. The average molecular weight is 636 g/mol. The molecule has 0 saturated heterocycles. The Morgan fingerprint density at radius 1 is 0.542 bits per heavy atom. The van der Waals surface area contributed by atoms with Crippen molar-refractivity contribution in [3.8, 4) is 0 Å². The maximum Gasteiger partial charge on any atom is 1.00 e. The molecule has 140 valence electrons. The molecule has 0 spiro atoms. The van der Waals surface area contributed by atoms with E-state index >= 15 is 0 Å². The SMILES string of the molecule is O=S(=O)([O-])C(Cl)(Cl)C(Cl)(Cl)C(Cl)(Cl)C(Cl)(Cl)C(Cl)(Cl)C(Cl)(Cl)Cl.[Na+]. The topological polar surface area (TPSA) is 57.2 Å². The molecule has 0 bridgehead atoms. The van der Waals surface area contributed by atoms with Crippen molar-refractivity contribution in [2.24, 2.45) is 0 Å². The summed E-state index contributed by atoms with van der Waals surface area (Å²) in [6.45, 7) is 0. The second-order valence-corrected chi connectivity index (χ2v) is 14.7. The van der Waals surface area contributed by atoms with Crippen LogP contribution < -0.4 is 29.6 Å². The van der Waals surface area contributed by atoms with Crippen molar-refractivity contribution in [3.05, 3.63) is 0 Å². The zero-order valence-electron chi connectivity index (χ0n) is 10.5. The molecule has 0 aromatic carbocycles. The molecule has 0 N–H and O–H groups in total. The molecule has 0 aliphatic rings. The van der Waals surface area contributed by atoms with E-state index in [1.165, 1.54) is 0 Å². The van der Waals surface area contributed by atoms with Crippen LogP contribution in [0.1, 0.15) is 0 Å². The molecule has 0 atom stereocenters. The van der Waals surface area contributed by atoms with E-state index in [2.05, 4.69) is 0 Å². The molecule has 3 nitrogen and oxygen atoms in total. The second kappa shape index (κ2) is 9.04.